The first kappa shape index (κ1) is 27.9. The minimum absolute atomic E-state index is 0.192. The molecule has 2 atom stereocenters. The Balaban J connectivity index is 1.55. The predicted molar refractivity (Wildman–Crippen MR) is 154 cm³/mol. The molecular formula is C30H26N5O5S-. The first-order valence-corrected chi connectivity index (χ1v) is 14.0. The van der Waals surface area contributed by atoms with Crippen molar-refractivity contribution in [3.8, 4) is 6.07 Å². The van der Waals surface area contributed by atoms with E-state index in [0.29, 0.717) is 58.9 Å². The van der Waals surface area contributed by atoms with Gasteiger partial charge in [0.1, 0.15) is 11.9 Å². The predicted octanol–water partition coefficient (Wildman–Crippen LogP) is 4.81. The van der Waals surface area contributed by atoms with Crippen LogP contribution in [0.15, 0.2) is 79.0 Å². The number of rotatable bonds is 10. The van der Waals surface area contributed by atoms with Crippen LogP contribution in [0.25, 0.3) is 21.9 Å². The first-order chi connectivity index (χ1) is 19.9. The molecule has 2 aromatic heterocycles. The number of carbonyl (C=O) groups excluding carboxylic acids is 1. The van der Waals surface area contributed by atoms with Crippen molar-refractivity contribution in [3.63, 3.8) is 0 Å². The Morgan fingerprint density at radius 3 is 2.61 bits per heavy atom. The van der Waals surface area contributed by atoms with Gasteiger partial charge in [-0.05, 0) is 73.5 Å². The third kappa shape index (κ3) is 5.95. The molecule has 2 unspecified atom stereocenters. The van der Waals surface area contributed by atoms with Gasteiger partial charge in [-0.25, -0.2) is 4.98 Å². The van der Waals surface area contributed by atoms with Gasteiger partial charge in [0.15, 0.2) is 0 Å². The Morgan fingerprint density at radius 1 is 1.12 bits per heavy atom. The molecule has 0 bridgehead atoms. The van der Waals surface area contributed by atoms with E-state index < -0.39 is 17.4 Å². The zero-order valence-electron chi connectivity index (χ0n) is 22.1. The van der Waals surface area contributed by atoms with Gasteiger partial charge in [-0.3, -0.25) is 18.3 Å². The molecule has 208 valence electrons. The Labute approximate surface area is 238 Å². The number of aliphatic hydroxyl groups is 1. The molecule has 0 aliphatic rings. The number of fused-ring (bicyclic) bond motifs is 2. The number of hydrogen-bond donors (Lipinski definition) is 1. The molecule has 0 amide bonds. The van der Waals surface area contributed by atoms with Crippen molar-refractivity contribution in [2.75, 3.05) is 10.9 Å². The molecule has 5 aromatic rings. The highest BCUT2D eigenvalue weighted by Gasteiger charge is 2.22. The van der Waals surface area contributed by atoms with Crippen LogP contribution in [0.1, 0.15) is 42.8 Å². The van der Waals surface area contributed by atoms with E-state index in [1.54, 1.807) is 79.9 Å². The molecule has 5 rings (SSSR count). The largest absolute Gasteiger partial charge is 0.755 e. The van der Waals surface area contributed by atoms with Gasteiger partial charge in [0.05, 0.1) is 57.4 Å². The van der Waals surface area contributed by atoms with Gasteiger partial charge >= 0.3 is 5.97 Å². The summed E-state index contributed by atoms with van der Waals surface area (Å²) in [4.78, 5) is 20.9. The normalized spacial score (nSPS) is 12.6. The molecule has 41 heavy (non-hydrogen) atoms. The first-order valence-electron chi connectivity index (χ1n) is 13.0. The second kappa shape index (κ2) is 12.3. The van der Waals surface area contributed by atoms with E-state index in [1.807, 2.05) is 10.6 Å². The van der Waals surface area contributed by atoms with Crippen LogP contribution in [-0.4, -0.2) is 41.0 Å². The van der Waals surface area contributed by atoms with Crippen LogP contribution in [0.5, 0.6) is 0 Å². The lowest BCUT2D eigenvalue weighted by molar-refractivity contribution is -0.143. The maximum absolute atomic E-state index is 12.4. The van der Waals surface area contributed by atoms with Crippen molar-refractivity contribution >= 4 is 50.5 Å². The van der Waals surface area contributed by atoms with Gasteiger partial charge < -0.3 is 19.0 Å². The van der Waals surface area contributed by atoms with Crippen molar-refractivity contribution < 1.29 is 23.4 Å². The summed E-state index contributed by atoms with van der Waals surface area (Å²) in [5, 5.41) is 21.2. The number of nitriles is 1. The molecular weight excluding hydrogens is 542 g/mol. The molecule has 3 aromatic carbocycles. The maximum Gasteiger partial charge on any atom is 0.305 e. The maximum atomic E-state index is 12.4. The van der Waals surface area contributed by atoms with Crippen LogP contribution in [0, 0.1) is 11.3 Å². The summed E-state index contributed by atoms with van der Waals surface area (Å²) in [5.41, 5.74) is 3.68. The SMILES string of the molecule is CCOC(=O)CCCn1c(C(O)c2ccc(C#N)cc2)nc2cc(N(c3ccc4ncccc4c3)S(=O)[O-])ccc21. The molecule has 0 aliphatic heterocycles. The molecule has 0 saturated carbocycles. The smallest absolute Gasteiger partial charge is 0.305 e. The number of benzene rings is 3. The van der Waals surface area contributed by atoms with Gasteiger partial charge in [-0.2, -0.15) is 5.26 Å². The van der Waals surface area contributed by atoms with Crippen LogP contribution < -0.4 is 4.31 Å². The second-order valence-corrected chi connectivity index (χ2v) is 10.0. The molecule has 2 heterocycles. The molecule has 0 fully saturated rings. The number of aryl methyl sites for hydroxylation is 1. The summed E-state index contributed by atoms with van der Waals surface area (Å²) in [6.07, 6.45) is 1.18. The summed E-state index contributed by atoms with van der Waals surface area (Å²) in [6, 6.07) is 22.5. The quantitative estimate of drug-likeness (QED) is 0.187. The minimum atomic E-state index is -2.64. The summed E-state index contributed by atoms with van der Waals surface area (Å²) in [5.74, 6) is 0.0184. The summed E-state index contributed by atoms with van der Waals surface area (Å²) in [6.45, 7) is 2.41. The zero-order chi connectivity index (χ0) is 28.9. The average molecular weight is 569 g/mol. The van der Waals surface area contributed by atoms with Crippen molar-refractivity contribution in [2.24, 2.45) is 0 Å². The van der Waals surface area contributed by atoms with Gasteiger partial charge in [0.2, 0.25) is 0 Å². The van der Waals surface area contributed by atoms with Crippen LogP contribution in [0.3, 0.4) is 0 Å². The third-order valence-corrected chi connectivity index (χ3v) is 7.35. The van der Waals surface area contributed by atoms with Crippen molar-refractivity contribution in [1.82, 2.24) is 14.5 Å². The lowest BCUT2D eigenvalue weighted by Crippen LogP contribution is -2.19. The van der Waals surface area contributed by atoms with E-state index in [9.17, 15) is 18.7 Å². The minimum Gasteiger partial charge on any atom is -0.755 e. The van der Waals surface area contributed by atoms with Crippen molar-refractivity contribution in [3.05, 3.63) is 95.9 Å². The number of hydrogen-bond acceptors (Lipinski definition) is 8. The van der Waals surface area contributed by atoms with E-state index in [-0.39, 0.29) is 12.4 Å². The van der Waals surface area contributed by atoms with E-state index in [2.05, 4.69) is 11.1 Å². The number of carbonyl (C=O) groups is 1. The molecule has 0 spiro atoms. The van der Waals surface area contributed by atoms with E-state index >= 15 is 0 Å². The number of nitrogens with zero attached hydrogens (tertiary/aromatic N) is 5. The molecule has 1 N–H and O–H groups in total. The fraction of sp³-hybridized carbons (Fsp3) is 0.200. The lowest BCUT2D eigenvalue weighted by atomic mass is 10.1. The van der Waals surface area contributed by atoms with Crippen LogP contribution >= 0.6 is 0 Å². The lowest BCUT2D eigenvalue weighted by Gasteiger charge is -2.26. The number of esters is 1. The van der Waals surface area contributed by atoms with Crippen LogP contribution in [0.2, 0.25) is 0 Å². The Hall–Kier alpha value is -4.63. The molecule has 0 saturated heterocycles. The molecule has 11 heteroatoms. The number of aliphatic hydroxyl groups excluding tert-OH is 1. The molecule has 0 radical (unpaired) electrons. The van der Waals surface area contributed by atoms with Crippen LogP contribution in [-0.2, 0) is 27.3 Å². The molecule has 10 nitrogen and oxygen atoms in total. The van der Waals surface area contributed by atoms with E-state index in [4.69, 9.17) is 15.0 Å². The van der Waals surface area contributed by atoms with Crippen LogP contribution in [0.4, 0.5) is 11.4 Å². The average Bonchev–Trinajstić information content (AvgIpc) is 3.34. The number of anilines is 2. The standard InChI is InChI=1S/C30H27N5O5S/c1-2-40-28(36)6-4-16-34-27-14-12-24(35(41(38)39)23-11-13-25-22(17-23)5-3-15-32-25)18-26(27)33-30(34)29(37)21-9-7-20(19-31)8-10-21/h3,5,7-15,17-18,29,37H,2,4,6,16H2,1H3,(H,38,39)/p-1. The van der Waals surface area contributed by atoms with Gasteiger partial charge in [0.25, 0.3) is 0 Å². The summed E-state index contributed by atoms with van der Waals surface area (Å²) in [7, 11) is 0. The Bertz CT molecular complexity index is 1780. The fourth-order valence-electron chi connectivity index (χ4n) is 4.72. The summed E-state index contributed by atoms with van der Waals surface area (Å²) >= 11 is -2.64. The number of imidazole rings is 1. The number of aromatic nitrogens is 3. The topological polar surface area (TPSA) is 144 Å². The van der Waals surface area contributed by atoms with E-state index in [1.165, 1.54) is 4.31 Å². The Morgan fingerprint density at radius 2 is 1.88 bits per heavy atom. The van der Waals surface area contributed by atoms with Gasteiger partial charge in [-0.1, -0.05) is 18.2 Å². The number of ether oxygens (including phenoxy) is 1. The van der Waals surface area contributed by atoms with Gasteiger partial charge in [0, 0.05) is 24.5 Å². The summed E-state index contributed by atoms with van der Waals surface area (Å²) < 4.78 is 32.9. The Kier molecular flexibility index (Phi) is 8.35. The highest BCUT2D eigenvalue weighted by Crippen LogP contribution is 2.33. The van der Waals surface area contributed by atoms with Crippen molar-refractivity contribution in [2.45, 2.75) is 32.4 Å². The monoisotopic (exact) mass is 568 g/mol. The second-order valence-electron chi connectivity index (χ2n) is 9.23. The third-order valence-electron chi connectivity index (χ3n) is 6.63. The van der Waals surface area contributed by atoms with Gasteiger partial charge in [-0.15, -0.1) is 0 Å². The van der Waals surface area contributed by atoms with Crippen molar-refractivity contribution in [1.29, 1.82) is 5.26 Å². The highest BCUT2D eigenvalue weighted by molar-refractivity contribution is 7.81. The van der Waals surface area contributed by atoms with E-state index in [0.717, 1.165) is 10.9 Å². The highest BCUT2D eigenvalue weighted by atomic mass is 32.2. The fourth-order valence-corrected chi connectivity index (χ4v) is 5.29. The number of pyridine rings is 1. The zero-order valence-corrected chi connectivity index (χ0v) is 23.0. The molecule has 0 aliphatic carbocycles.